The fraction of sp³-hybridized carbons (Fsp3) is 0.733. The Labute approximate surface area is 146 Å². The Hall–Kier alpha value is -0.565. The van der Waals surface area contributed by atoms with E-state index in [2.05, 4.69) is 48.3 Å². The highest BCUT2D eigenvalue weighted by molar-refractivity contribution is 14.1. The molecule has 1 N–H and O–H groups in total. The Bertz CT molecular complexity index is 645. The maximum Gasteiger partial charge on any atom is 0.329 e. The van der Waals surface area contributed by atoms with Crippen LogP contribution in [0.4, 0.5) is 0 Å². The van der Waals surface area contributed by atoms with E-state index in [1.54, 1.807) is 13.8 Å². The summed E-state index contributed by atoms with van der Waals surface area (Å²) < 4.78 is 6.84. The second kappa shape index (κ2) is 6.51. The van der Waals surface area contributed by atoms with Crippen LogP contribution in [0.2, 0.25) is 0 Å². The number of hydrogen-bond acceptors (Lipinski definition) is 3. The van der Waals surface area contributed by atoms with Gasteiger partial charge in [-0.05, 0) is 54.7 Å². The second-order valence-corrected chi connectivity index (χ2v) is 9.04. The van der Waals surface area contributed by atoms with E-state index in [1.165, 1.54) is 10.8 Å². The van der Waals surface area contributed by atoms with Gasteiger partial charge in [-0.2, -0.15) is 0 Å². The van der Waals surface area contributed by atoms with Gasteiger partial charge in [-0.3, -0.25) is 14.3 Å². The molecule has 0 aliphatic carbocycles. The number of halogens is 1. The lowest BCUT2D eigenvalue weighted by Crippen LogP contribution is -2.49. The minimum Gasteiger partial charge on any atom is -0.348 e. The summed E-state index contributed by atoms with van der Waals surface area (Å²) in [5.41, 5.74) is -1.88. The van der Waals surface area contributed by atoms with Gasteiger partial charge in [-0.1, -0.05) is 27.7 Å². The number of H-pyrrole nitrogens is 1. The summed E-state index contributed by atoms with van der Waals surface area (Å²) >= 11 is 2.25. The molecule has 2 atom stereocenters. The molecule has 0 aromatic carbocycles. The summed E-state index contributed by atoms with van der Waals surface area (Å²) in [7, 11) is 6.25. The predicted octanol–water partition coefficient (Wildman–Crippen LogP) is 2.64. The average Bonchev–Trinajstić information content (AvgIpc) is 2.30. The average molecular weight is 418 g/mol. The lowest BCUT2D eigenvalue weighted by atomic mass is 9.86. The van der Waals surface area contributed by atoms with Gasteiger partial charge in [-0.25, -0.2) is 4.79 Å². The lowest BCUT2D eigenvalue weighted by Gasteiger charge is -2.41. The monoisotopic (exact) mass is 418 g/mol. The summed E-state index contributed by atoms with van der Waals surface area (Å²) in [5.74, 6) is 0. The normalized spacial score (nSPS) is 17.8. The third-order valence-electron chi connectivity index (χ3n) is 3.31. The van der Waals surface area contributed by atoms with Crippen LogP contribution < -0.4 is 11.2 Å². The number of nitrogens with zero attached hydrogens (tertiary/aromatic N) is 1. The molecule has 122 valence electrons. The van der Waals surface area contributed by atoms with Crippen LogP contribution >= 0.6 is 22.6 Å². The van der Waals surface area contributed by atoms with Crippen molar-refractivity contribution in [3.05, 3.63) is 32.6 Å². The maximum atomic E-state index is 12.0. The maximum absolute atomic E-state index is 12.0. The minimum absolute atomic E-state index is 0.0547. The molecule has 0 amide bonds. The summed E-state index contributed by atoms with van der Waals surface area (Å²) in [6.45, 7) is 11.7. The molecule has 0 saturated carbocycles. The molecular formula is C15H24BIN2O3. The van der Waals surface area contributed by atoms with Crippen LogP contribution in [-0.4, -0.2) is 21.0 Å². The van der Waals surface area contributed by atoms with Crippen molar-refractivity contribution in [2.75, 3.05) is 0 Å². The smallest absolute Gasteiger partial charge is 0.329 e. The van der Waals surface area contributed by atoms with Crippen LogP contribution in [-0.2, 0) is 10.4 Å². The molecule has 0 aliphatic rings. The van der Waals surface area contributed by atoms with E-state index in [-0.39, 0.29) is 5.41 Å². The third-order valence-corrected chi connectivity index (χ3v) is 4.67. The predicted molar refractivity (Wildman–Crippen MR) is 97.7 cm³/mol. The first-order valence-electron chi connectivity index (χ1n) is 7.31. The van der Waals surface area contributed by atoms with Gasteiger partial charge < -0.3 is 4.74 Å². The molecule has 7 heteroatoms. The number of aryl methyl sites for hydroxylation is 1. The minimum atomic E-state index is -1.35. The van der Waals surface area contributed by atoms with E-state index in [4.69, 9.17) is 12.6 Å². The van der Waals surface area contributed by atoms with Crippen LogP contribution in [0.25, 0.3) is 0 Å². The number of rotatable bonds is 5. The van der Waals surface area contributed by atoms with E-state index in [0.717, 1.165) is 12.8 Å². The zero-order valence-electron chi connectivity index (χ0n) is 14.1. The summed E-state index contributed by atoms with van der Waals surface area (Å²) in [6, 6.07) is 0. The molecular weight excluding hydrogens is 394 g/mol. The van der Waals surface area contributed by atoms with Gasteiger partial charge in [0, 0.05) is 11.8 Å². The van der Waals surface area contributed by atoms with Gasteiger partial charge >= 0.3 is 5.69 Å². The Morgan fingerprint density at radius 1 is 1.32 bits per heavy atom. The highest BCUT2D eigenvalue weighted by atomic mass is 127. The molecule has 1 heterocycles. The number of aromatic amines is 1. The first-order chi connectivity index (χ1) is 9.80. The van der Waals surface area contributed by atoms with E-state index >= 15 is 0 Å². The fourth-order valence-electron chi connectivity index (χ4n) is 2.34. The van der Waals surface area contributed by atoms with Crippen LogP contribution in [0.15, 0.2) is 15.8 Å². The van der Waals surface area contributed by atoms with Crippen molar-refractivity contribution in [3.63, 3.8) is 0 Å². The van der Waals surface area contributed by atoms with Crippen LogP contribution in [0, 0.1) is 12.3 Å². The van der Waals surface area contributed by atoms with Crippen LogP contribution in [0.5, 0.6) is 0 Å². The van der Waals surface area contributed by atoms with Crippen LogP contribution in [0.1, 0.15) is 53.0 Å². The highest BCUT2D eigenvalue weighted by Gasteiger charge is 2.37. The number of nitrogens with one attached hydrogen (secondary N) is 1. The van der Waals surface area contributed by atoms with E-state index in [9.17, 15) is 9.59 Å². The molecule has 0 aliphatic heterocycles. The lowest BCUT2D eigenvalue weighted by molar-refractivity contribution is -0.103. The fourth-order valence-corrected chi connectivity index (χ4v) is 3.93. The zero-order chi connectivity index (χ0) is 17.3. The van der Waals surface area contributed by atoms with Crippen LogP contribution in [0.3, 0.4) is 0 Å². The molecule has 0 bridgehead atoms. The SMILES string of the molecule is [B]C(C)(OC(I)(CC)CC(C)(C)C)n1cc(C)c(=O)[nH]c1=O. The molecule has 0 saturated heterocycles. The Morgan fingerprint density at radius 3 is 2.32 bits per heavy atom. The van der Waals surface area contributed by atoms with Crippen molar-refractivity contribution in [2.45, 2.75) is 63.6 Å². The Balaban J connectivity index is 3.21. The largest absolute Gasteiger partial charge is 0.348 e. The van der Waals surface area contributed by atoms with E-state index < -0.39 is 20.5 Å². The van der Waals surface area contributed by atoms with E-state index in [0.29, 0.717) is 5.56 Å². The zero-order valence-corrected chi connectivity index (χ0v) is 16.3. The van der Waals surface area contributed by atoms with Gasteiger partial charge in [0.25, 0.3) is 5.56 Å². The topological polar surface area (TPSA) is 64.1 Å². The molecule has 2 unspecified atom stereocenters. The highest BCUT2D eigenvalue weighted by Crippen LogP contribution is 2.40. The number of alkyl halides is 1. The first kappa shape index (κ1) is 19.5. The molecule has 1 aromatic rings. The molecule has 1 aromatic heterocycles. The Kier molecular flexibility index (Phi) is 5.76. The number of hydrogen-bond donors (Lipinski definition) is 1. The van der Waals surface area contributed by atoms with E-state index in [1.807, 2.05) is 6.92 Å². The molecule has 22 heavy (non-hydrogen) atoms. The molecule has 0 fully saturated rings. The van der Waals surface area contributed by atoms with Crippen molar-refractivity contribution >= 4 is 30.4 Å². The van der Waals surface area contributed by atoms with Crippen molar-refractivity contribution in [3.8, 4) is 0 Å². The molecule has 0 spiro atoms. The first-order valence-corrected chi connectivity index (χ1v) is 8.38. The summed E-state index contributed by atoms with van der Waals surface area (Å²) in [5, 5.41) is 0. The molecule has 5 nitrogen and oxygen atoms in total. The van der Waals surface area contributed by atoms with Gasteiger partial charge in [0.15, 0.2) is 0 Å². The van der Waals surface area contributed by atoms with Gasteiger partial charge in [0.05, 0.1) is 0 Å². The summed E-state index contributed by atoms with van der Waals surface area (Å²) in [6.07, 6.45) is 2.96. The van der Waals surface area contributed by atoms with Crippen molar-refractivity contribution < 1.29 is 4.74 Å². The van der Waals surface area contributed by atoms with Crippen molar-refractivity contribution in [1.82, 2.24) is 9.55 Å². The van der Waals surface area contributed by atoms with Gasteiger partial charge in [-0.15, -0.1) is 0 Å². The standard InChI is InChI=1S/C15H24BIN2O3/c1-7-15(17,9-13(3,4)5)22-14(6,16)19-8-10(2)11(20)18-12(19)21/h8H,7,9H2,1-6H3,(H,18,20,21). The van der Waals surface area contributed by atoms with Crippen molar-refractivity contribution in [2.24, 2.45) is 5.41 Å². The quantitative estimate of drug-likeness (QED) is 0.455. The van der Waals surface area contributed by atoms with Crippen molar-refractivity contribution in [1.29, 1.82) is 0 Å². The van der Waals surface area contributed by atoms with Gasteiger partial charge in [0.2, 0.25) is 0 Å². The number of ether oxygens (including phenoxy) is 1. The number of aromatic nitrogens is 2. The second-order valence-electron chi connectivity index (χ2n) is 7.07. The third kappa shape index (κ3) is 4.98. The van der Waals surface area contributed by atoms with Gasteiger partial charge in [0.1, 0.15) is 17.1 Å². The molecule has 1 rings (SSSR count). The molecule has 2 radical (unpaired) electrons. The summed E-state index contributed by atoms with van der Waals surface area (Å²) in [4.78, 5) is 25.8. The Morgan fingerprint density at radius 2 is 1.86 bits per heavy atom.